The fourth-order valence-corrected chi connectivity index (χ4v) is 3.27. The molecule has 3 N–H and O–H groups in total. The lowest BCUT2D eigenvalue weighted by Crippen LogP contribution is -2.06. The highest BCUT2D eigenvalue weighted by atomic mass is 16.5. The van der Waals surface area contributed by atoms with Crippen molar-refractivity contribution in [3.63, 3.8) is 0 Å². The van der Waals surface area contributed by atoms with Gasteiger partial charge < -0.3 is 15.8 Å². The Labute approximate surface area is 170 Å². The SMILES string of the molecule is Cc1ccc(N)cc1Nc1ncc2cccc(-c3ccccc3OC(C)C)c2n1. The number of nitrogens with two attached hydrogens (primary N) is 1. The van der Waals surface area contributed by atoms with Gasteiger partial charge in [-0.15, -0.1) is 0 Å². The van der Waals surface area contributed by atoms with Gasteiger partial charge in [0.25, 0.3) is 0 Å². The summed E-state index contributed by atoms with van der Waals surface area (Å²) in [6, 6.07) is 19.9. The average Bonchev–Trinajstić information content (AvgIpc) is 2.70. The maximum Gasteiger partial charge on any atom is 0.227 e. The van der Waals surface area contributed by atoms with Gasteiger partial charge in [0.05, 0.1) is 11.6 Å². The van der Waals surface area contributed by atoms with E-state index in [0.717, 1.165) is 39.0 Å². The Kier molecular flexibility index (Phi) is 5.04. The van der Waals surface area contributed by atoms with Gasteiger partial charge in [0, 0.05) is 34.1 Å². The lowest BCUT2D eigenvalue weighted by molar-refractivity contribution is 0.243. The third-order valence-corrected chi connectivity index (χ3v) is 4.66. The Balaban J connectivity index is 1.81. The molecule has 146 valence electrons. The molecule has 0 aliphatic heterocycles. The number of nitrogens with zero attached hydrogens (tertiary/aromatic N) is 2. The van der Waals surface area contributed by atoms with Crippen LogP contribution >= 0.6 is 0 Å². The fraction of sp³-hybridized carbons (Fsp3) is 0.167. The van der Waals surface area contributed by atoms with E-state index in [-0.39, 0.29) is 6.10 Å². The zero-order valence-electron chi connectivity index (χ0n) is 16.8. The summed E-state index contributed by atoms with van der Waals surface area (Å²) in [6.45, 7) is 6.07. The van der Waals surface area contributed by atoms with E-state index in [2.05, 4.69) is 22.4 Å². The normalized spacial score (nSPS) is 11.0. The molecule has 5 heteroatoms. The molecule has 0 fully saturated rings. The molecule has 0 atom stereocenters. The number of hydrogen-bond donors (Lipinski definition) is 2. The molecular weight excluding hydrogens is 360 g/mol. The molecule has 5 nitrogen and oxygen atoms in total. The van der Waals surface area contributed by atoms with Crippen molar-refractivity contribution in [3.8, 4) is 16.9 Å². The van der Waals surface area contributed by atoms with Crippen molar-refractivity contribution in [1.82, 2.24) is 9.97 Å². The first kappa shape index (κ1) is 18.7. The van der Waals surface area contributed by atoms with Crippen LogP contribution in [0.3, 0.4) is 0 Å². The third kappa shape index (κ3) is 3.99. The molecular formula is C24H24N4O. The molecule has 0 saturated heterocycles. The molecule has 0 aliphatic rings. The van der Waals surface area contributed by atoms with Gasteiger partial charge in [0.2, 0.25) is 5.95 Å². The van der Waals surface area contributed by atoms with Crippen molar-refractivity contribution >= 4 is 28.2 Å². The molecule has 0 unspecified atom stereocenters. The van der Waals surface area contributed by atoms with Crippen LogP contribution in [0.2, 0.25) is 0 Å². The Morgan fingerprint density at radius 2 is 1.76 bits per heavy atom. The summed E-state index contributed by atoms with van der Waals surface area (Å²) in [5, 5.41) is 4.27. The van der Waals surface area contributed by atoms with Crippen molar-refractivity contribution in [2.45, 2.75) is 26.9 Å². The quantitative estimate of drug-likeness (QED) is 0.431. The maximum atomic E-state index is 6.03. The first-order valence-electron chi connectivity index (χ1n) is 9.66. The van der Waals surface area contributed by atoms with Crippen LogP contribution in [0.4, 0.5) is 17.3 Å². The summed E-state index contributed by atoms with van der Waals surface area (Å²) >= 11 is 0. The number of aromatic nitrogens is 2. The van der Waals surface area contributed by atoms with E-state index in [1.54, 1.807) is 0 Å². The maximum absolute atomic E-state index is 6.03. The van der Waals surface area contributed by atoms with Gasteiger partial charge in [-0.1, -0.05) is 42.5 Å². The highest BCUT2D eigenvalue weighted by Crippen LogP contribution is 2.35. The molecule has 1 heterocycles. The molecule has 3 aromatic carbocycles. The lowest BCUT2D eigenvalue weighted by atomic mass is 10.0. The fourth-order valence-electron chi connectivity index (χ4n) is 3.27. The van der Waals surface area contributed by atoms with Crippen molar-refractivity contribution < 1.29 is 4.74 Å². The van der Waals surface area contributed by atoms with E-state index in [9.17, 15) is 0 Å². The summed E-state index contributed by atoms with van der Waals surface area (Å²) in [7, 11) is 0. The Morgan fingerprint density at radius 3 is 2.59 bits per heavy atom. The smallest absolute Gasteiger partial charge is 0.227 e. The average molecular weight is 384 g/mol. The Bertz CT molecular complexity index is 1170. The summed E-state index contributed by atoms with van der Waals surface area (Å²) < 4.78 is 6.03. The number of anilines is 3. The number of nitrogen functional groups attached to an aromatic ring is 1. The van der Waals surface area contributed by atoms with Gasteiger partial charge in [-0.05, 0) is 44.5 Å². The van der Waals surface area contributed by atoms with Crippen molar-refractivity contribution in [1.29, 1.82) is 0 Å². The van der Waals surface area contributed by atoms with Gasteiger partial charge in [0.15, 0.2) is 0 Å². The second-order valence-electron chi connectivity index (χ2n) is 7.30. The Hall–Kier alpha value is -3.60. The summed E-state index contributed by atoms with van der Waals surface area (Å²) in [5.41, 5.74) is 11.5. The largest absolute Gasteiger partial charge is 0.490 e. The first-order chi connectivity index (χ1) is 14.0. The number of hydrogen-bond acceptors (Lipinski definition) is 5. The highest BCUT2D eigenvalue weighted by molar-refractivity contribution is 5.95. The number of ether oxygens (including phenoxy) is 1. The zero-order valence-corrected chi connectivity index (χ0v) is 16.8. The van der Waals surface area contributed by atoms with Crippen LogP contribution in [0.1, 0.15) is 19.4 Å². The van der Waals surface area contributed by atoms with Crippen molar-refractivity contribution in [2.75, 3.05) is 11.1 Å². The molecule has 0 saturated carbocycles. The standard InChI is InChI=1S/C24H24N4O/c1-15(2)29-22-10-5-4-8-19(22)20-9-6-7-17-14-26-24(28-23(17)20)27-21-13-18(25)12-11-16(21)3/h4-15H,25H2,1-3H3,(H,26,27,28). The third-order valence-electron chi connectivity index (χ3n) is 4.66. The number of benzene rings is 3. The van der Waals surface area contributed by atoms with Crippen LogP contribution in [0, 0.1) is 6.92 Å². The predicted octanol–water partition coefficient (Wildman–Crippen LogP) is 5.72. The van der Waals surface area contributed by atoms with Gasteiger partial charge >= 0.3 is 0 Å². The van der Waals surface area contributed by atoms with E-state index < -0.39 is 0 Å². The van der Waals surface area contributed by atoms with E-state index in [1.165, 1.54) is 0 Å². The molecule has 4 aromatic rings. The van der Waals surface area contributed by atoms with E-state index in [4.69, 9.17) is 15.5 Å². The number of para-hydroxylation sites is 2. The van der Waals surface area contributed by atoms with Crippen LogP contribution in [-0.4, -0.2) is 16.1 Å². The van der Waals surface area contributed by atoms with Crippen LogP contribution < -0.4 is 15.8 Å². The number of aryl methyl sites for hydroxylation is 1. The monoisotopic (exact) mass is 384 g/mol. The summed E-state index contributed by atoms with van der Waals surface area (Å²) in [4.78, 5) is 9.30. The molecule has 1 aromatic heterocycles. The van der Waals surface area contributed by atoms with Gasteiger partial charge in [-0.3, -0.25) is 0 Å². The van der Waals surface area contributed by atoms with Crippen LogP contribution in [0.25, 0.3) is 22.0 Å². The first-order valence-corrected chi connectivity index (χ1v) is 9.66. The molecule has 0 spiro atoms. The minimum Gasteiger partial charge on any atom is -0.490 e. The van der Waals surface area contributed by atoms with Gasteiger partial charge in [-0.2, -0.15) is 0 Å². The van der Waals surface area contributed by atoms with Crippen LogP contribution in [-0.2, 0) is 0 Å². The molecule has 4 rings (SSSR count). The summed E-state index contributed by atoms with van der Waals surface area (Å²) in [5.74, 6) is 1.37. The van der Waals surface area contributed by atoms with Crippen molar-refractivity contribution in [2.24, 2.45) is 0 Å². The topological polar surface area (TPSA) is 73.1 Å². The molecule has 29 heavy (non-hydrogen) atoms. The molecule has 0 bridgehead atoms. The minimum atomic E-state index is 0.0875. The summed E-state index contributed by atoms with van der Waals surface area (Å²) in [6.07, 6.45) is 1.92. The highest BCUT2D eigenvalue weighted by Gasteiger charge is 2.13. The lowest BCUT2D eigenvalue weighted by Gasteiger charge is -2.16. The molecule has 0 radical (unpaired) electrons. The predicted molar refractivity (Wildman–Crippen MR) is 120 cm³/mol. The van der Waals surface area contributed by atoms with Crippen LogP contribution in [0.15, 0.2) is 66.9 Å². The van der Waals surface area contributed by atoms with E-state index in [0.29, 0.717) is 11.6 Å². The number of fused-ring (bicyclic) bond motifs is 1. The second-order valence-corrected chi connectivity index (χ2v) is 7.30. The zero-order chi connectivity index (χ0) is 20.4. The van der Waals surface area contributed by atoms with Gasteiger partial charge in [0.1, 0.15) is 5.75 Å². The van der Waals surface area contributed by atoms with Crippen LogP contribution in [0.5, 0.6) is 5.75 Å². The molecule has 0 aliphatic carbocycles. The second kappa shape index (κ2) is 7.80. The van der Waals surface area contributed by atoms with Crippen molar-refractivity contribution in [3.05, 3.63) is 72.4 Å². The van der Waals surface area contributed by atoms with E-state index >= 15 is 0 Å². The number of nitrogens with one attached hydrogen (secondary N) is 1. The Morgan fingerprint density at radius 1 is 0.966 bits per heavy atom. The minimum absolute atomic E-state index is 0.0875. The number of rotatable bonds is 5. The molecule has 0 amide bonds. The van der Waals surface area contributed by atoms with E-state index in [1.807, 2.05) is 75.5 Å². The van der Waals surface area contributed by atoms with Gasteiger partial charge in [-0.25, -0.2) is 9.97 Å².